The van der Waals surface area contributed by atoms with E-state index >= 15 is 0 Å². The Labute approximate surface area is 266 Å². The standard InChI is InChI=1S/C37H35F3N2O4/c1-42(2)36(45)31-22-24(23-33(43)46-34(27-12-6-7-13-27)26-10-4-3-5-11-26)16-21-32(31)41-35(44)30-15-9-8-14-29(30)25-17-19-28(20-18-25)37(38,39)40/h3-5,8-11,14-22,27,34H,6-7,12-13,23H2,1-2H3,(H,41,44). The molecule has 6 nitrogen and oxygen atoms in total. The molecule has 1 unspecified atom stereocenters. The van der Waals surface area contributed by atoms with Crippen LogP contribution in [0.5, 0.6) is 0 Å². The molecule has 238 valence electrons. The van der Waals surface area contributed by atoms with E-state index in [0.717, 1.165) is 43.4 Å². The summed E-state index contributed by atoms with van der Waals surface area (Å²) in [6.45, 7) is 0. The largest absolute Gasteiger partial charge is 0.457 e. The number of benzene rings is 4. The number of hydrogen-bond acceptors (Lipinski definition) is 4. The molecule has 5 rings (SSSR count). The van der Waals surface area contributed by atoms with Gasteiger partial charge in [-0.2, -0.15) is 13.2 Å². The Kier molecular flexibility index (Phi) is 9.90. The van der Waals surface area contributed by atoms with Crippen molar-refractivity contribution in [1.82, 2.24) is 4.90 Å². The van der Waals surface area contributed by atoms with Gasteiger partial charge in [-0.15, -0.1) is 0 Å². The quantitative estimate of drug-likeness (QED) is 0.189. The van der Waals surface area contributed by atoms with Crippen LogP contribution in [-0.4, -0.2) is 36.8 Å². The average molecular weight is 629 g/mol. The van der Waals surface area contributed by atoms with Crippen LogP contribution >= 0.6 is 0 Å². The van der Waals surface area contributed by atoms with E-state index < -0.39 is 23.6 Å². The first-order valence-electron chi connectivity index (χ1n) is 15.2. The summed E-state index contributed by atoms with van der Waals surface area (Å²) in [5.74, 6) is -1.08. The number of halogens is 3. The maximum absolute atomic E-state index is 13.5. The Morgan fingerprint density at radius 3 is 2.15 bits per heavy atom. The molecule has 4 aromatic rings. The summed E-state index contributed by atoms with van der Waals surface area (Å²) in [5, 5.41) is 2.80. The van der Waals surface area contributed by atoms with Crippen LogP contribution < -0.4 is 5.32 Å². The summed E-state index contributed by atoms with van der Waals surface area (Å²) in [6, 6.07) is 25.7. The molecule has 0 aliphatic heterocycles. The predicted octanol–water partition coefficient (Wildman–Crippen LogP) is 8.34. The Morgan fingerprint density at radius 2 is 1.50 bits per heavy atom. The van der Waals surface area contributed by atoms with Gasteiger partial charge in [-0.1, -0.05) is 79.6 Å². The van der Waals surface area contributed by atoms with Gasteiger partial charge in [0.15, 0.2) is 0 Å². The smallest absolute Gasteiger partial charge is 0.416 e. The third-order valence-electron chi connectivity index (χ3n) is 8.23. The molecule has 0 radical (unpaired) electrons. The van der Waals surface area contributed by atoms with Gasteiger partial charge >= 0.3 is 12.1 Å². The number of alkyl halides is 3. The lowest BCUT2D eigenvalue weighted by Crippen LogP contribution is -2.25. The van der Waals surface area contributed by atoms with Crippen molar-refractivity contribution in [3.8, 4) is 11.1 Å². The number of carbonyl (C=O) groups is 3. The highest BCUT2D eigenvalue weighted by atomic mass is 19.4. The lowest BCUT2D eigenvalue weighted by atomic mass is 9.94. The van der Waals surface area contributed by atoms with Crippen LogP contribution in [0, 0.1) is 5.92 Å². The highest BCUT2D eigenvalue weighted by molar-refractivity contribution is 6.11. The fraction of sp³-hybridized carbons (Fsp3) is 0.270. The molecule has 0 bridgehead atoms. The van der Waals surface area contributed by atoms with E-state index in [4.69, 9.17) is 4.74 Å². The molecular formula is C37H35F3N2O4. The van der Waals surface area contributed by atoms with Crippen LogP contribution in [0.3, 0.4) is 0 Å². The minimum atomic E-state index is -4.48. The number of esters is 1. The molecule has 0 aromatic heterocycles. The van der Waals surface area contributed by atoms with Gasteiger partial charge in [0.05, 0.1) is 23.2 Å². The lowest BCUT2D eigenvalue weighted by molar-refractivity contribution is -0.151. The van der Waals surface area contributed by atoms with Gasteiger partial charge in [-0.25, -0.2) is 0 Å². The number of hydrogen-bond donors (Lipinski definition) is 1. The molecule has 46 heavy (non-hydrogen) atoms. The molecule has 1 aliphatic carbocycles. The summed E-state index contributed by atoms with van der Waals surface area (Å²) < 4.78 is 45.3. The molecular weight excluding hydrogens is 593 g/mol. The zero-order chi connectivity index (χ0) is 32.8. The zero-order valence-electron chi connectivity index (χ0n) is 25.6. The van der Waals surface area contributed by atoms with Crippen LogP contribution in [-0.2, 0) is 22.1 Å². The predicted molar refractivity (Wildman–Crippen MR) is 170 cm³/mol. The SMILES string of the molecule is CN(C)C(=O)c1cc(CC(=O)OC(c2ccccc2)C2CCCC2)ccc1NC(=O)c1ccccc1-c1ccc(C(F)(F)F)cc1. The molecule has 9 heteroatoms. The van der Waals surface area contributed by atoms with Crippen molar-refractivity contribution in [2.45, 2.75) is 44.4 Å². The van der Waals surface area contributed by atoms with Crippen molar-refractivity contribution in [2.24, 2.45) is 5.92 Å². The highest BCUT2D eigenvalue weighted by Gasteiger charge is 2.31. The van der Waals surface area contributed by atoms with E-state index in [9.17, 15) is 27.6 Å². The fourth-order valence-electron chi connectivity index (χ4n) is 5.88. The number of nitrogens with one attached hydrogen (secondary N) is 1. The Balaban J connectivity index is 1.37. The molecule has 2 amide bonds. The number of ether oxygens (including phenoxy) is 1. The van der Waals surface area contributed by atoms with Gasteiger partial charge in [0, 0.05) is 25.6 Å². The molecule has 0 spiro atoms. The van der Waals surface area contributed by atoms with Crippen LogP contribution in [0.1, 0.15) is 69.2 Å². The molecule has 1 aliphatic rings. The van der Waals surface area contributed by atoms with E-state index in [1.807, 2.05) is 30.3 Å². The van der Waals surface area contributed by atoms with Crippen molar-refractivity contribution in [1.29, 1.82) is 0 Å². The van der Waals surface area contributed by atoms with Gasteiger partial charge < -0.3 is 15.0 Å². The molecule has 4 aromatic carbocycles. The first kappa shape index (κ1) is 32.5. The van der Waals surface area contributed by atoms with E-state index in [0.29, 0.717) is 16.7 Å². The molecule has 1 N–H and O–H groups in total. The van der Waals surface area contributed by atoms with E-state index in [-0.39, 0.29) is 41.2 Å². The van der Waals surface area contributed by atoms with Gasteiger partial charge in [-0.3, -0.25) is 14.4 Å². The third-order valence-corrected chi connectivity index (χ3v) is 8.23. The van der Waals surface area contributed by atoms with E-state index in [1.54, 1.807) is 56.6 Å². The third kappa shape index (κ3) is 7.65. The monoisotopic (exact) mass is 628 g/mol. The van der Waals surface area contributed by atoms with Crippen molar-refractivity contribution < 1.29 is 32.3 Å². The number of carbonyl (C=O) groups excluding carboxylic acids is 3. The summed E-state index contributed by atoms with van der Waals surface area (Å²) in [5.41, 5.74) is 2.23. The maximum Gasteiger partial charge on any atom is 0.416 e. The maximum atomic E-state index is 13.5. The second-order valence-corrected chi connectivity index (χ2v) is 11.7. The van der Waals surface area contributed by atoms with Crippen molar-refractivity contribution in [3.63, 3.8) is 0 Å². The van der Waals surface area contributed by atoms with Crippen molar-refractivity contribution in [2.75, 3.05) is 19.4 Å². The normalized spacial score (nSPS) is 14.0. The van der Waals surface area contributed by atoms with Crippen LogP contribution in [0.25, 0.3) is 11.1 Å². The summed E-state index contributed by atoms with van der Waals surface area (Å²) in [4.78, 5) is 41.3. The highest BCUT2D eigenvalue weighted by Crippen LogP contribution is 2.38. The van der Waals surface area contributed by atoms with Gasteiger partial charge in [0.25, 0.3) is 11.8 Å². The van der Waals surface area contributed by atoms with Gasteiger partial charge in [-0.05, 0) is 65.4 Å². The summed E-state index contributed by atoms with van der Waals surface area (Å²) in [7, 11) is 3.17. The minimum Gasteiger partial charge on any atom is -0.457 e. The number of anilines is 1. The second-order valence-electron chi connectivity index (χ2n) is 11.7. The molecule has 1 atom stereocenters. The van der Waals surface area contributed by atoms with Crippen LogP contribution in [0.2, 0.25) is 0 Å². The molecule has 1 fully saturated rings. The van der Waals surface area contributed by atoms with Gasteiger partial charge in [0.1, 0.15) is 6.10 Å². The molecule has 0 saturated heterocycles. The fourth-order valence-corrected chi connectivity index (χ4v) is 5.88. The van der Waals surface area contributed by atoms with E-state index in [1.165, 1.54) is 17.0 Å². The van der Waals surface area contributed by atoms with Crippen LogP contribution in [0.15, 0.2) is 97.1 Å². The number of nitrogens with zero attached hydrogens (tertiary/aromatic N) is 1. The lowest BCUT2D eigenvalue weighted by Gasteiger charge is -2.24. The summed E-state index contributed by atoms with van der Waals surface area (Å²) in [6.07, 6.45) is -0.702. The minimum absolute atomic E-state index is 0.0608. The number of amides is 2. The van der Waals surface area contributed by atoms with Crippen molar-refractivity contribution >= 4 is 23.5 Å². The molecule has 0 heterocycles. The Morgan fingerprint density at radius 1 is 0.848 bits per heavy atom. The first-order chi connectivity index (χ1) is 22.0. The van der Waals surface area contributed by atoms with Gasteiger partial charge in [0.2, 0.25) is 0 Å². The van der Waals surface area contributed by atoms with E-state index in [2.05, 4.69) is 5.32 Å². The van der Waals surface area contributed by atoms with Crippen LogP contribution in [0.4, 0.5) is 18.9 Å². The Hall–Kier alpha value is -4.92. The topological polar surface area (TPSA) is 75.7 Å². The second kappa shape index (κ2) is 14.0. The number of rotatable bonds is 9. The average Bonchev–Trinajstić information content (AvgIpc) is 3.59. The first-order valence-corrected chi connectivity index (χ1v) is 15.2. The molecule has 1 saturated carbocycles. The zero-order valence-corrected chi connectivity index (χ0v) is 25.6. The Bertz CT molecular complexity index is 1700. The van der Waals surface area contributed by atoms with Crippen molar-refractivity contribution in [3.05, 3.63) is 125 Å². The summed E-state index contributed by atoms with van der Waals surface area (Å²) >= 11 is 0.